The third-order valence-electron chi connectivity index (χ3n) is 1.50. The van der Waals surface area contributed by atoms with Crippen molar-refractivity contribution in [2.75, 3.05) is 0 Å². The number of alkyl halides is 2. The van der Waals surface area contributed by atoms with Crippen molar-refractivity contribution in [3.8, 4) is 0 Å². The molecule has 0 saturated carbocycles. The second kappa shape index (κ2) is 4.03. The molecule has 0 radical (unpaired) electrons. The van der Waals surface area contributed by atoms with Crippen LogP contribution in [0, 0.1) is 0 Å². The topological polar surface area (TPSA) is 0 Å². The predicted molar refractivity (Wildman–Crippen MR) is 52.7 cm³/mol. The second-order valence-corrected chi connectivity index (χ2v) is 4.10. The van der Waals surface area contributed by atoms with E-state index in [0.29, 0.717) is 4.90 Å². The molecule has 0 amide bonds. The molecule has 1 aromatic rings. The molecule has 0 unspecified atom stereocenters. The van der Waals surface area contributed by atoms with E-state index in [9.17, 15) is 8.78 Å². The van der Waals surface area contributed by atoms with Crippen LogP contribution in [0.15, 0.2) is 23.1 Å². The minimum atomic E-state index is -2.93. The van der Waals surface area contributed by atoms with E-state index in [4.69, 9.17) is 22.3 Å². The predicted octanol–water partition coefficient (Wildman–Crippen LogP) is 4.70. The normalized spacial score (nSPS) is 11.8. The third-order valence-corrected chi connectivity index (χ3v) is 2.80. The molecule has 0 N–H and O–H groups in total. The summed E-state index contributed by atoms with van der Waals surface area (Å²) in [5.41, 5.74) is -0.195. The van der Waals surface area contributed by atoms with Crippen LogP contribution in [0.4, 0.5) is 8.78 Å². The van der Waals surface area contributed by atoms with Gasteiger partial charge >= 0.3 is 0 Å². The third kappa shape index (κ3) is 2.73. The van der Waals surface area contributed by atoms with E-state index in [1.165, 1.54) is 12.1 Å². The molecule has 0 fully saturated rings. The molecule has 0 aliphatic carbocycles. The van der Waals surface area contributed by atoms with Gasteiger partial charge in [-0.1, -0.05) is 11.6 Å². The fourth-order valence-electron chi connectivity index (χ4n) is 0.889. The van der Waals surface area contributed by atoms with Gasteiger partial charge in [-0.2, -0.15) is 0 Å². The van der Waals surface area contributed by atoms with Gasteiger partial charge in [0.15, 0.2) is 0 Å². The Balaban J connectivity index is 3.19. The first-order valence-electron chi connectivity index (χ1n) is 3.41. The molecule has 0 heterocycles. The average molecular weight is 243 g/mol. The summed E-state index contributed by atoms with van der Waals surface area (Å²) in [5, 5.41) is 0.0574. The monoisotopic (exact) mass is 242 g/mol. The Morgan fingerprint density at radius 3 is 2.46 bits per heavy atom. The molecule has 13 heavy (non-hydrogen) atoms. The van der Waals surface area contributed by atoms with Crippen LogP contribution in [0.3, 0.4) is 0 Å². The smallest absolute Gasteiger partial charge is 0.202 e. The molecule has 0 spiro atoms. The molecule has 5 heteroatoms. The van der Waals surface area contributed by atoms with E-state index in [-0.39, 0.29) is 10.6 Å². The minimum Gasteiger partial charge on any atom is -0.202 e. The number of benzene rings is 1. The maximum Gasteiger partial charge on any atom is 0.271 e. The molecule has 0 atom stereocenters. The molecule has 1 rings (SSSR count). The maximum atomic E-state index is 12.9. The largest absolute Gasteiger partial charge is 0.271 e. The Morgan fingerprint density at radius 2 is 2.00 bits per heavy atom. The Labute approximate surface area is 88.7 Å². The molecular formula is C8H6Cl2F2S. The van der Waals surface area contributed by atoms with Gasteiger partial charge in [0, 0.05) is 22.4 Å². The van der Waals surface area contributed by atoms with Gasteiger partial charge in [-0.15, -0.1) is 0 Å². The zero-order valence-corrected chi connectivity index (χ0v) is 8.98. The summed E-state index contributed by atoms with van der Waals surface area (Å²) < 4.78 is 25.8. The summed E-state index contributed by atoms with van der Waals surface area (Å²) >= 11 is 5.61. The van der Waals surface area contributed by atoms with Gasteiger partial charge in [0.05, 0.1) is 0 Å². The minimum absolute atomic E-state index is 0.0574. The highest BCUT2D eigenvalue weighted by Crippen LogP contribution is 2.36. The highest BCUT2D eigenvalue weighted by atomic mass is 35.7. The molecule has 0 aromatic heterocycles. The van der Waals surface area contributed by atoms with E-state index >= 15 is 0 Å². The van der Waals surface area contributed by atoms with E-state index < -0.39 is 5.92 Å². The van der Waals surface area contributed by atoms with Gasteiger partial charge in [0.1, 0.15) is 0 Å². The van der Waals surface area contributed by atoms with Crippen molar-refractivity contribution < 1.29 is 8.78 Å². The van der Waals surface area contributed by atoms with Crippen molar-refractivity contribution in [1.29, 1.82) is 0 Å². The van der Waals surface area contributed by atoms with Gasteiger partial charge in [0.25, 0.3) is 5.92 Å². The highest BCUT2D eigenvalue weighted by molar-refractivity contribution is 8.21. The summed E-state index contributed by atoms with van der Waals surface area (Å²) in [6.07, 6.45) is 0. The van der Waals surface area contributed by atoms with Gasteiger partial charge < -0.3 is 0 Å². The summed E-state index contributed by atoms with van der Waals surface area (Å²) in [4.78, 5) is 0.558. The quantitative estimate of drug-likeness (QED) is 0.725. The van der Waals surface area contributed by atoms with Gasteiger partial charge in [-0.25, -0.2) is 8.78 Å². The standard InChI is InChI=1S/C8H6Cl2F2S/c1-8(11,12)6-4-5(13-10)2-3-7(6)9/h2-4H,1H3. The fourth-order valence-corrected chi connectivity index (χ4v) is 1.74. The zero-order valence-electron chi connectivity index (χ0n) is 6.65. The Hall–Kier alpha value is 0.01000. The lowest BCUT2D eigenvalue weighted by molar-refractivity contribution is 0.0174. The SMILES string of the molecule is CC(F)(F)c1cc(SCl)ccc1Cl. The molecule has 72 valence electrons. The second-order valence-electron chi connectivity index (χ2n) is 2.61. The number of hydrogen-bond donors (Lipinski definition) is 0. The van der Waals surface area contributed by atoms with Crippen molar-refractivity contribution in [2.24, 2.45) is 0 Å². The Bertz CT molecular complexity index is 310. The van der Waals surface area contributed by atoms with Crippen molar-refractivity contribution >= 4 is 33.3 Å². The first kappa shape index (κ1) is 11.1. The van der Waals surface area contributed by atoms with Crippen LogP contribution in [0.5, 0.6) is 0 Å². The van der Waals surface area contributed by atoms with Gasteiger partial charge in [-0.3, -0.25) is 0 Å². The lowest BCUT2D eigenvalue weighted by Crippen LogP contribution is -2.07. The molecule has 0 nitrogen and oxygen atoms in total. The number of hydrogen-bond acceptors (Lipinski definition) is 1. The lowest BCUT2D eigenvalue weighted by Gasteiger charge is -2.12. The van der Waals surface area contributed by atoms with Crippen LogP contribution in [-0.4, -0.2) is 0 Å². The molecule has 0 saturated heterocycles. The van der Waals surface area contributed by atoms with Gasteiger partial charge in [0.2, 0.25) is 0 Å². The molecule has 0 aliphatic rings. The molecule has 0 bridgehead atoms. The summed E-state index contributed by atoms with van der Waals surface area (Å²) in [7, 11) is 6.32. The summed E-state index contributed by atoms with van der Waals surface area (Å²) in [5.74, 6) is -2.93. The molecule has 1 aromatic carbocycles. The van der Waals surface area contributed by atoms with Crippen molar-refractivity contribution in [2.45, 2.75) is 17.7 Å². The van der Waals surface area contributed by atoms with Crippen LogP contribution in [0.2, 0.25) is 5.02 Å². The van der Waals surface area contributed by atoms with Gasteiger partial charge in [-0.05, 0) is 39.9 Å². The summed E-state index contributed by atoms with van der Waals surface area (Å²) in [6, 6.07) is 4.30. The summed E-state index contributed by atoms with van der Waals surface area (Å²) in [6.45, 7) is 0.802. The van der Waals surface area contributed by atoms with E-state index in [2.05, 4.69) is 0 Å². The van der Waals surface area contributed by atoms with Crippen LogP contribution < -0.4 is 0 Å². The Kier molecular flexibility index (Phi) is 3.44. The van der Waals surface area contributed by atoms with Crippen LogP contribution in [0.1, 0.15) is 12.5 Å². The van der Waals surface area contributed by atoms with Crippen molar-refractivity contribution in [1.82, 2.24) is 0 Å². The van der Waals surface area contributed by atoms with E-state index in [1.807, 2.05) is 0 Å². The maximum absolute atomic E-state index is 12.9. The van der Waals surface area contributed by atoms with Crippen LogP contribution in [0.25, 0.3) is 0 Å². The first-order valence-corrected chi connectivity index (χ1v) is 5.43. The molecular weight excluding hydrogens is 237 g/mol. The average Bonchev–Trinajstić information content (AvgIpc) is 2.03. The number of rotatable bonds is 2. The lowest BCUT2D eigenvalue weighted by atomic mass is 10.1. The number of halogens is 4. The van der Waals surface area contributed by atoms with E-state index in [0.717, 1.165) is 17.9 Å². The van der Waals surface area contributed by atoms with Crippen molar-refractivity contribution in [3.05, 3.63) is 28.8 Å². The molecule has 0 aliphatic heterocycles. The van der Waals surface area contributed by atoms with Crippen molar-refractivity contribution in [3.63, 3.8) is 0 Å². The van der Waals surface area contributed by atoms with E-state index in [1.54, 1.807) is 6.07 Å². The Morgan fingerprint density at radius 1 is 1.38 bits per heavy atom. The van der Waals surface area contributed by atoms with Crippen LogP contribution in [-0.2, 0) is 5.92 Å². The fraction of sp³-hybridized carbons (Fsp3) is 0.250. The zero-order chi connectivity index (χ0) is 10.1. The van der Waals surface area contributed by atoms with Crippen LogP contribution >= 0.6 is 33.3 Å². The first-order chi connectivity index (χ1) is 5.95. The highest BCUT2D eigenvalue weighted by Gasteiger charge is 2.27.